The van der Waals surface area contributed by atoms with Gasteiger partial charge in [0.25, 0.3) is 11.8 Å². The molecule has 0 unspecified atom stereocenters. The van der Waals surface area contributed by atoms with E-state index < -0.39 is 17.8 Å². The van der Waals surface area contributed by atoms with E-state index in [1.165, 1.54) is 0 Å². The van der Waals surface area contributed by atoms with Crippen LogP contribution in [0.15, 0.2) is 29.3 Å². The number of nitrogens with zero attached hydrogens (tertiary/aromatic N) is 2. The molecule has 7 heteroatoms. The number of hydrogen-bond acceptors (Lipinski definition) is 5. The van der Waals surface area contributed by atoms with Gasteiger partial charge in [0.05, 0.1) is 5.69 Å². The summed E-state index contributed by atoms with van der Waals surface area (Å²) in [5, 5.41) is 3.96. The van der Waals surface area contributed by atoms with Gasteiger partial charge in [-0.15, -0.1) is 0 Å². The molecule has 1 aliphatic rings. The van der Waals surface area contributed by atoms with Gasteiger partial charge < -0.3 is 4.90 Å². The highest BCUT2D eigenvalue weighted by atomic mass is 16.2. The van der Waals surface area contributed by atoms with Gasteiger partial charge in [0, 0.05) is 18.8 Å². The lowest BCUT2D eigenvalue weighted by molar-refractivity contribution is -0.119. The van der Waals surface area contributed by atoms with Crippen LogP contribution in [0.5, 0.6) is 0 Å². The summed E-state index contributed by atoms with van der Waals surface area (Å²) in [4.78, 5) is 40.2. The Kier molecular flexibility index (Phi) is 4.32. The van der Waals surface area contributed by atoms with Gasteiger partial charge in [0.15, 0.2) is 5.71 Å². The van der Waals surface area contributed by atoms with Gasteiger partial charge in [0.1, 0.15) is 0 Å². The predicted molar refractivity (Wildman–Crippen MR) is 78.8 cm³/mol. The lowest BCUT2D eigenvalue weighted by Crippen LogP contribution is -2.56. The highest BCUT2D eigenvalue weighted by Gasteiger charge is 2.29. The molecular formula is C14H16N4O3. The van der Waals surface area contributed by atoms with E-state index in [0.717, 1.165) is 18.8 Å². The molecule has 4 amide bonds. The zero-order valence-electron chi connectivity index (χ0n) is 11.8. The maximum Gasteiger partial charge on any atom is 0.328 e. The highest BCUT2D eigenvalue weighted by Crippen LogP contribution is 2.20. The van der Waals surface area contributed by atoms with E-state index >= 15 is 0 Å². The number of amides is 4. The number of carbonyl (C=O) groups excluding carboxylic acids is 3. The number of anilines is 1. The fourth-order valence-corrected chi connectivity index (χ4v) is 2.02. The normalized spacial score (nSPS) is 14.6. The molecule has 2 N–H and O–H groups in total. The molecule has 1 aromatic rings. The number of carbonyl (C=O) groups is 3. The van der Waals surface area contributed by atoms with Gasteiger partial charge in [-0.3, -0.25) is 20.2 Å². The summed E-state index contributed by atoms with van der Waals surface area (Å²) in [5.74, 6) is -1.59. The first-order valence-corrected chi connectivity index (χ1v) is 6.65. The summed E-state index contributed by atoms with van der Waals surface area (Å²) in [6.45, 7) is 5.89. The average Bonchev–Trinajstić information content (AvgIpc) is 2.45. The van der Waals surface area contributed by atoms with Gasteiger partial charge in [0.2, 0.25) is 0 Å². The average molecular weight is 288 g/mol. The van der Waals surface area contributed by atoms with Crippen LogP contribution in [0, 0.1) is 0 Å². The summed E-state index contributed by atoms with van der Waals surface area (Å²) in [6.07, 6.45) is 0. The van der Waals surface area contributed by atoms with Crippen LogP contribution < -0.4 is 15.5 Å². The van der Waals surface area contributed by atoms with Gasteiger partial charge in [-0.2, -0.15) is 0 Å². The number of imide groups is 2. The molecule has 1 saturated heterocycles. The van der Waals surface area contributed by atoms with Crippen molar-refractivity contribution in [1.82, 2.24) is 10.6 Å². The monoisotopic (exact) mass is 288 g/mol. The molecule has 0 aliphatic carbocycles. The van der Waals surface area contributed by atoms with Crippen LogP contribution in [0.2, 0.25) is 0 Å². The minimum Gasteiger partial charge on any atom is -0.372 e. The molecular weight excluding hydrogens is 272 g/mol. The number of benzene rings is 1. The van der Waals surface area contributed by atoms with Crippen molar-refractivity contribution in [1.29, 1.82) is 0 Å². The van der Waals surface area contributed by atoms with E-state index in [1.54, 1.807) is 12.1 Å². The second kappa shape index (κ2) is 6.17. The molecule has 21 heavy (non-hydrogen) atoms. The quantitative estimate of drug-likeness (QED) is 0.863. The van der Waals surface area contributed by atoms with Gasteiger partial charge in [-0.25, -0.2) is 9.79 Å². The standard InChI is InChI=1S/C14H16N4O3/c1-3-18(4-2)10-7-5-9(6-8-10)15-11-12(19)16-14(21)17-13(11)20/h5-8H,3-4H2,1-2H3,(H2,16,17,19,20,21). The minimum absolute atomic E-state index is 0.329. The third kappa shape index (κ3) is 3.25. The zero-order chi connectivity index (χ0) is 15.4. The molecule has 0 saturated carbocycles. The van der Waals surface area contributed by atoms with Crippen molar-refractivity contribution in [2.24, 2.45) is 4.99 Å². The van der Waals surface area contributed by atoms with Crippen LogP contribution in [0.4, 0.5) is 16.2 Å². The molecule has 0 aromatic heterocycles. The summed E-state index contributed by atoms with van der Waals surface area (Å²) in [6, 6.07) is 6.35. The maximum atomic E-state index is 11.6. The van der Waals surface area contributed by atoms with Crippen molar-refractivity contribution in [2.75, 3.05) is 18.0 Å². The van der Waals surface area contributed by atoms with Crippen molar-refractivity contribution in [3.8, 4) is 0 Å². The molecule has 0 bridgehead atoms. The van der Waals surface area contributed by atoms with Crippen LogP contribution in [0.3, 0.4) is 0 Å². The smallest absolute Gasteiger partial charge is 0.328 e. The second-order valence-corrected chi connectivity index (χ2v) is 4.39. The minimum atomic E-state index is -0.833. The van der Waals surface area contributed by atoms with E-state index in [-0.39, 0.29) is 5.71 Å². The van der Waals surface area contributed by atoms with Crippen LogP contribution in [0.25, 0.3) is 0 Å². The Morgan fingerprint density at radius 3 is 1.95 bits per heavy atom. The SMILES string of the molecule is CCN(CC)c1ccc(N=C2C(=O)NC(=O)NC2=O)cc1. The van der Waals surface area contributed by atoms with Gasteiger partial charge in [-0.1, -0.05) is 0 Å². The Bertz CT molecular complexity index is 581. The maximum absolute atomic E-state index is 11.6. The first kappa shape index (κ1) is 14.7. The molecule has 0 spiro atoms. The molecule has 1 aromatic carbocycles. The predicted octanol–water partition coefficient (Wildman–Crippen LogP) is 0.971. The van der Waals surface area contributed by atoms with Crippen LogP contribution in [-0.2, 0) is 9.59 Å². The van der Waals surface area contributed by atoms with E-state index in [0.29, 0.717) is 5.69 Å². The number of urea groups is 1. The van der Waals surface area contributed by atoms with E-state index in [2.05, 4.69) is 23.7 Å². The van der Waals surface area contributed by atoms with Gasteiger partial charge >= 0.3 is 6.03 Å². The number of barbiturate groups is 1. The summed E-state index contributed by atoms with van der Waals surface area (Å²) in [7, 11) is 0. The van der Waals surface area contributed by atoms with Gasteiger partial charge in [-0.05, 0) is 38.1 Å². The van der Waals surface area contributed by atoms with Crippen molar-refractivity contribution in [3.63, 3.8) is 0 Å². The molecule has 0 atom stereocenters. The first-order chi connectivity index (χ1) is 10.0. The lowest BCUT2D eigenvalue weighted by Gasteiger charge is -2.20. The summed E-state index contributed by atoms with van der Waals surface area (Å²) >= 11 is 0. The first-order valence-electron chi connectivity index (χ1n) is 6.65. The van der Waals surface area contributed by atoms with Crippen LogP contribution in [0.1, 0.15) is 13.8 Å². The fraction of sp³-hybridized carbons (Fsp3) is 0.286. The van der Waals surface area contributed by atoms with Crippen molar-refractivity contribution >= 4 is 34.9 Å². The number of nitrogens with one attached hydrogen (secondary N) is 2. The Labute approximate surface area is 122 Å². The van der Waals surface area contributed by atoms with Crippen molar-refractivity contribution in [2.45, 2.75) is 13.8 Å². The lowest BCUT2D eigenvalue weighted by atomic mass is 10.2. The molecule has 1 aliphatic heterocycles. The van der Waals surface area contributed by atoms with Crippen LogP contribution >= 0.6 is 0 Å². The number of hydrogen-bond donors (Lipinski definition) is 2. The molecule has 1 fully saturated rings. The fourth-order valence-electron chi connectivity index (χ4n) is 2.02. The molecule has 0 radical (unpaired) electrons. The van der Waals surface area contributed by atoms with E-state index in [4.69, 9.17) is 0 Å². The topological polar surface area (TPSA) is 90.9 Å². The Balaban J connectivity index is 2.23. The van der Waals surface area contributed by atoms with Crippen LogP contribution in [-0.4, -0.2) is 36.6 Å². The molecule has 110 valence electrons. The Morgan fingerprint density at radius 1 is 0.952 bits per heavy atom. The summed E-state index contributed by atoms with van der Waals surface area (Å²) < 4.78 is 0. The Hall–Kier alpha value is -2.70. The molecule has 2 rings (SSSR count). The third-order valence-corrected chi connectivity index (χ3v) is 3.10. The second-order valence-electron chi connectivity index (χ2n) is 4.39. The molecule has 1 heterocycles. The largest absolute Gasteiger partial charge is 0.372 e. The van der Waals surface area contributed by atoms with Crippen molar-refractivity contribution in [3.05, 3.63) is 24.3 Å². The van der Waals surface area contributed by atoms with Crippen molar-refractivity contribution < 1.29 is 14.4 Å². The third-order valence-electron chi connectivity index (χ3n) is 3.10. The number of aliphatic imine (C=N–C) groups is 1. The van der Waals surface area contributed by atoms with E-state index in [1.807, 2.05) is 22.8 Å². The Morgan fingerprint density at radius 2 is 1.48 bits per heavy atom. The van der Waals surface area contributed by atoms with E-state index in [9.17, 15) is 14.4 Å². The zero-order valence-corrected chi connectivity index (χ0v) is 11.8. The molecule has 7 nitrogen and oxygen atoms in total. The summed E-state index contributed by atoms with van der Waals surface area (Å²) in [5.41, 5.74) is 1.18. The number of rotatable bonds is 4. The highest BCUT2D eigenvalue weighted by molar-refractivity contribution is 6.69.